The number of rotatable bonds is 6. The van der Waals surface area contributed by atoms with Crippen LogP contribution in [0.25, 0.3) is 0 Å². The van der Waals surface area contributed by atoms with E-state index in [-0.39, 0.29) is 5.82 Å². The van der Waals surface area contributed by atoms with Crippen LogP contribution in [0, 0.1) is 11.7 Å². The first-order valence-electron chi connectivity index (χ1n) is 11.0. The summed E-state index contributed by atoms with van der Waals surface area (Å²) in [6.07, 6.45) is 7.86. The lowest BCUT2D eigenvalue weighted by molar-refractivity contribution is 0.0639. The van der Waals surface area contributed by atoms with Gasteiger partial charge in [-0.05, 0) is 73.7 Å². The molecule has 2 fully saturated rings. The van der Waals surface area contributed by atoms with Crippen LogP contribution in [0.5, 0.6) is 11.5 Å². The summed E-state index contributed by atoms with van der Waals surface area (Å²) in [5, 5.41) is 0. The number of methoxy groups -OCH3 is 1. The summed E-state index contributed by atoms with van der Waals surface area (Å²) in [7, 11) is 1.67. The average molecular weight is 398 g/mol. The molecule has 0 bridgehead atoms. The van der Waals surface area contributed by atoms with Gasteiger partial charge in [0.1, 0.15) is 17.3 Å². The van der Waals surface area contributed by atoms with Gasteiger partial charge in [0.05, 0.1) is 13.7 Å². The van der Waals surface area contributed by atoms with Gasteiger partial charge in [0.15, 0.2) is 0 Å². The lowest BCUT2D eigenvalue weighted by Gasteiger charge is -2.43. The van der Waals surface area contributed by atoms with E-state index in [4.69, 9.17) is 9.47 Å². The fourth-order valence-corrected chi connectivity index (χ4v) is 5.03. The van der Waals surface area contributed by atoms with Gasteiger partial charge in [-0.1, -0.05) is 31.4 Å². The van der Waals surface area contributed by atoms with E-state index >= 15 is 0 Å². The van der Waals surface area contributed by atoms with Gasteiger partial charge in [0.2, 0.25) is 0 Å². The average Bonchev–Trinajstić information content (AvgIpc) is 2.79. The van der Waals surface area contributed by atoms with E-state index in [9.17, 15) is 4.39 Å². The van der Waals surface area contributed by atoms with Gasteiger partial charge >= 0.3 is 0 Å². The Hall–Kier alpha value is -2.07. The number of piperidine rings is 1. The van der Waals surface area contributed by atoms with Crippen LogP contribution in [0.4, 0.5) is 4.39 Å². The fourth-order valence-electron chi connectivity index (χ4n) is 5.03. The van der Waals surface area contributed by atoms with E-state index in [1.807, 2.05) is 36.4 Å². The molecule has 0 aromatic heterocycles. The van der Waals surface area contributed by atoms with Crippen LogP contribution in [-0.2, 0) is 0 Å². The van der Waals surface area contributed by atoms with Crippen LogP contribution < -0.4 is 9.47 Å². The molecule has 1 aliphatic heterocycles. The molecule has 0 radical (unpaired) electrons. The normalized spacial score (nSPS) is 23.7. The second kappa shape index (κ2) is 9.62. The molecule has 29 heavy (non-hydrogen) atoms. The molecule has 2 aliphatic rings. The number of nitrogens with zero attached hydrogens (tertiary/aromatic N) is 1. The van der Waals surface area contributed by atoms with Crippen LogP contribution in [0.1, 0.15) is 50.0 Å². The molecule has 3 nitrogen and oxygen atoms in total. The highest BCUT2D eigenvalue weighted by molar-refractivity contribution is 5.31. The Morgan fingerprint density at radius 2 is 1.59 bits per heavy atom. The van der Waals surface area contributed by atoms with Crippen molar-refractivity contribution in [1.29, 1.82) is 0 Å². The van der Waals surface area contributed by atoms with Gasteiger partial charge in [0.25, 0.3) is 0 Å². The topological polar surface area (TPSA) is 21.7 Å². The maximum absolute atomic E-state index is 13.4. The fraction of sp³-hybridized carbons (Fsp3) is 0.520. The third-order valence-corrected chi connectivity index (χ3v) is 6.68. The van der Waals surface area contributed by atoms with Crippen LogP contribution in [0.2, 0.25) is 0 Å². The van der Waals surface area contributed by atoms with Crippen molar-refractivity contribution in [2.24, 2.45) is 5.92 Å². The molecule has 2 aromatic rings. The number of likely N-dealkylation sites (tertiary alicyclic amines) is 1. The molecule has 4 rings (SSSR count). The van der Waals surface area contributed by atoms with E-state index in [2.05, 4.69) is 4.90 Å². The summed E-state index contributed by atoms with van der Waals surface area (Å²) in [6, 6.07) is 15.6. The minimum absolute atomic E-state index is 0.167. The molecule has 1 saturated heterocycles. The summed E-state index contributed by atoms with van der Waals surface area (Å²) in [6.45, 7) is 2.87. The first-order valence-corrected chi connectivity index (χ1v) is 11.0. The van der Waals surface area contributed by atoms with E-state index in [0.717, 1.165) is 37.1 Å². The first kappa shape index (κ1) is 20.2. The Balaban J connectivity index is 1.46. The van der Waals surface area contributed by atoms with Crippen LogP contribution in [0.3, 0.4) is 0 Å². The smallest absolute Gasteiger partial charge is 0.123 e. The van der Waals surface area contributed by atoms with Crippen molar-refractivity contribution in [3.8, 4) is 11.5 Å². The van der Waals surface area contributed by atoms with E-state index in [0.29, 0.717) is 18.4 Å². The van der Waals surface area contributed by atoms with Crippen LogP contribution >= 0.6 is 0 Å². The van der Waals surface area contributed by atoms with Crippen molar-refractivity contribution in [2.45, 2.75) is 50.5 Å². The predicted molar refractivity (Wildman–Crippen MR) is 114 cm³/mol. The lowest BCUT2D eigenvalue weighted by atomic mass is 9.79. The van der Waals surface area contributed by atoms with Gasteiger partial charge < -0.3 is 9.47 Å². The van der Waals surface area contributed by atoms with Crippen molar-refractivity contribution in [2.75, 3.05) is 26.8 Å². The van der Waals surface area contributed by atoms with Gasteiger partial charge in [-0.15, -0.1) is 0 Å². The third-order valence-electron chi connectivity index (χ3n) is 6.68. The molecule has 4 heteroatoms. The molecule has 156 valence electrons. The zero-order chi connectivity index (χ0) is 20.1. The SMILES string of the molecule is COc1ccc(OCC2CN(C3CCCCC3)CCC2c2ccc(F)cc2)cc1. The Kier molecular flexibility index (Phi) is 6.70. The Morgan fingerprint density at radius 3 is 2.28 bits per heavy atom. The largest absolute Gasteiger partial charge is 0.497 e. The maximum atomic E-state index is 13.4. The van der Waals surface area contributed by atoms with Gasteiger partial charge in [-0.3, -0.25) is 4.90 Å². The van der Waals surface area contributed by atoms with Crippen molar-refractivity contribution in [3.05, 3.63) is 59.9 Å². The molecule has 2 aromatic carbocycles. The molecule has 1 saturated carbocycles. The second-order valence-corrected chi connectivity index (χ2v) is 8.48. The van der Waals surface area contributed by atoms with Crippen LogP contribution in [-0.4, -0.2) is 37.7 Å². The molecule has 2 unspecified atom stereocenters. The third kappa shape index (κ3) is 5.11. The minimum atomic E-state index is -0.167. The molecule has 1 aliphatic carbocycles. The van der Waals surface area contributed by atoms with Crippen molar-refractivity contribution < 1.29 is 13.9 Å². The maximum Gasteiger partial charge on any atom is 0.123 e. The number of halogens is 1. The summed E-state index contributed by atoms with van der Waals surface area (Å²) in [5.74, 6) is 2.35. The summed E-state index contributed by atoms with van der Waals surface area (Å²) >= 11 is 0. The molecule has 0 amide bonds. The van der Waals surface area contributed by atoms with E-state index < -0.39 is 0 Å². The quantitative estimate of drug-likeness (QED) is 0.628. The lowest BCUT2D eigenvalue weighted by Crippen LogP contribution is -2.47. The molecular weight excluding hydrogens is 365 g/mol. The van der Waals surface area contributed by atoms with E-state index in [1.54, 1.807) is 19.2 Å². The van der Waals surface area contributed by atoms with Gasteiger partial charge in [-0.25, -0.2) is 4.39 Å². The zero-order valence-corrected chi connectivity index (χ0v) is 17.4. The predicted octanol–water partition coefficient (Wildman–Crippen LogP) is 5.65. The van der Waals surface area contributed by atoms with E-state index in [1.165, 1.54) is 37.7 Å². The molecule has 0 N–H and O–H groups in total. The highest BCUT2D eigenvalue weighted by Crippen LogP contribution is 2.36. The molecule has 1 heterocycles. The van der Waals surface area contributed by atoms with Crippen molar-refractivity contribution in [3.63, 3.8) is 0 Å². The molecule has 2 atom stereocenters. The molecule has 0 spiro atoms. The summed E-state index contributed by atoms with van der Waals surface area (Å²) < 4.78 is 24.9. The number of ether oxygens (including phenoxy) is 2. The Morgan fingerprint density at radius 1 is 0.897 bits per heavy atom. The second-order valence-electron chi connectivity index (χ2n) is 8.48. The minimum Gasteiger partial charge on any atom is -0.497 e. The summed E-state index contributed by atoms with van der Waals surface area (Å²) in [5.41, 5.74) is 1.23. The Bertz CT molecular complexity index is 755. The van der Waals surface area contributed by atoms with Crippen molar-refractivity contribution >= 4 is 0 Å². The number of hydrogen-bond acceptors (Lipinski definition) is 3. The zero-order valence-electron chi connectivity index (χ0n) is 17.4. The summed E-state index contributed by atoms with van der Waals surface area (Å²) in [4.78, 5) is 2.70. The highest BCUT2D eigenvalue weighted by Gasteiger charge is 2.34. The standard InChI is InChI=1S/C25H32FNO2/c1-28-23-11-13-24(14-12-23)29-18-20-17-27(22-5-3-2-4-6-22)16-15-25(20)19-7-9-21(26)10-8-19/h7-14,20,22,25H,2-6,15-18H2,1H3. The molecular formula is C25H32FNO2. The van der Waals surface area contributed by atoms with Gasteiger partial charge in [0, 0.05) is 18.5 Å². The van der Waals surface area contributed by atoms with Crippen molar-refractivity contribution in [1.82, 2.24) is 4.90 Å². The van der Waals surface area contributed by atoms with Crippen LogP contribution in [0.15, 0.2) is 48.5 Å². The van der Waals surface area contributed by atoms with Gasteiger partial charge in [-0.2, -0.15) is 0 Å². The Labute approximate surface area is 173 Å². The number of hydrogen-bond donors (Lipinski definition) is 0. The first-order chi connectivity index (χ1) is 14.2. The number of benzene rings is 2. The highest BCUT2D eigenvalue weighted by atomic mass is 19.1. The monoisotopic (exact) mass is 397 g/mol.